The molecule has 1 aromatic rings. The first kappa shape index (κ1) is 16.2. The lowest BCUT2D eigenvalue weighted by molar-refractivity contribution is -0.139. The zero-order chi connectivity index (χ0) is 17.0. The van der Waals surface area contributed by atoms with Gasteiger partial charge in [-0.3, -0.25) is 14.5 Å². The summed E-state index contributed by atoms with van der Waals surface area (Å²) in [5.74, 6) is 0.0867. The van der Waals surface area contributed by atoms with Crippen molar-refractivity contribution in [2.75, 3.05) is 13.1 Å². The fourth-order valence-corrected chi connectivity index (χ4v) is 3.65. The SMILES string of the molecule is CC(=O)C1(C)CCN(C2CCc3c2n[nH]c(=O)c3C(F)(F)F)C1. The molecule has 126 valence electrons. The van der Waals surface area contributed by atoms with Crippen molar-refractivity contribution >= 4 is 5.78 Å². The smallest absolute Gasteiger partial charge is 0.299 e. The number of halogens is 3. The molecule has 1 N–H and O–H groups in total. The summed E-state index contributed by atoms with van der Waals surface area (Å²) < 4.78 is 39.4. The minimum absolute atomic E-state index is 0.00248. The van der Waals surface area contributed by atoms with E-state index in [1.165, 1.54) is 0 Å². The van der Waals surface area contributed by atoms with Crippen LogP contribution in [-0.2, 0) is 17.4 Å². The van der Waals surface area contributed by atoms with E-state index in [1.807, 2.05) is 16.9 Å². The highest BCUT2D eigenvalue weighted by Gasteiger charge is 2.46. The number of rotatable bonds is 2. The van der Waals surface area contributed by atoms with E-state index >= 15 is 0 Å². The number of aromatic amines is 1. The van der Waals surface area contributed by atoms with Gasteiger partial charge in [-0.25, -0.2) is 5.10 Å². The maximum Gasteiger partial charge on any atom is 0.422 e. The zero-order valence-electron chi connectivity index (χ0n) is 13.0. The third-order valence-electron chi connectivity index (χ3n) is 5.18. The first-order valence-corrected chi connectivity index (χ1v) is 7.57. The van der Waals surface area contributed by atoms with Crippen molar-refractivity contribution in [2.24, 2.45) is 5.41 Å². The molecule has 1 saturated heterocycles. The van der Waals surface area contributed by atoms with Crippen LogP contribution in [0.15, 0.2) is 4.79 Å². The molecule has 3 rings (SSSR count). The molecule has 1 fully saturated rings. The predicted molar refractivity (Wildman–Crippen MR) is 75.9 cm³/mol. The summed E-state index contributed by atoms with van der Waals surface area (Å²) in [7, 11) is 0. The van der Waals surface area contributed by atoms with Crippen molar-refractivity contribution < 1.29 is 18.0 Å². The van der Waals surface area contributed by atoms with Gasteiger partial charge in [0.2, 0.25) is 0 Å². The topological polar surface area (TPSA) is 66.1 Å². The van der Waals surface area contributed by atoms with Crippen LogP contribution in [-0.4, -0.2) is 34.0 Å². The number of nitrogens with one attached hydrogen (secondary N) is 1. The number of carbonyl (C=O) groups is 1. The maximum absolute atomic E-state index is 13.1. The van der Waals surface area contributed by atoms with Crippen LogP contribution in [0.3, 0.4) is 0 Å². The molecule has 2 heterocycles. The predicted octanol–water partition coefficient (Wildman–Crippen LogP) is 2.08. The summed E-state index contributed by atoms with van der Waals surface area (Å²) in [6.45, 7) is 4.58. The van der Waals surface area contributed by atoms with Crippen LogP contribution in [0.25, 0.3) is 0 Å². The lowest BCUT2D eigenvalue weighted by atomic mass is 9.86. The summed E-state index contributed by atoms with van der Waals surface area (Å²) in [4.78, 5) is 25.3. The summed E-state index contributed by atoms with van der Waals surface area (Å²) in [6.07, 6.45) is -3.34. The number of alkyl halides is 3. The molecule has 2 unspecified atom stereocenters. The third-order valence-corrected chi connectivity index (χ3v) is 5.18. The van der Waals surface area contributed by atoms with Crippen LogP contribution in [0.4, 0.5) is 13.2 Å². The fourth-order valence-electron chi connectivity index (χ4n) is 3.65. The molecular formula is C15H18F3N3O2. The Bertz CT molecular complexity index is 713. The van der Waals surface area contributed by atoms with Gasteiger partial charge in [-0.2, -0.15) is 18.3 Å². The van der Waals surface area contributed by atoms with E-state index in [2.05, 4.69) is 5.10 Å². The highest BCUT2D eigenvalue weighted by Crippen LogP contribution is 2.43. The van der Waals surface area contributed by atoms with Gasteiger partial charge < -0.3 is 0 Å². The van der Waals surface area contributed by atoms with Crippen LogP contribution in [0, 0.1) is 5.41 Å². The van der Waals surface area contributed by atoms with E-state index in [0.29, 0.717) is 31.6 Å². The number of hydrogen-bond acceptors (Lipinski definition) is 4. The number of ketones is 1. The Balaban J connectivity index is 1.95. The van der Waals surface area contributed by atoms with E-state index in [4.69, 9.17) is 0 Å². The number of carbonyl (C=O) groups excluding carboxylic acids is 1. The Hall–Kier alpha value is -1.70. The minimum Gasteiger partial charge on any atom is -0.299 e. The number of nitrogens with zero attached hydrogens (tertiary/aromatic N) is 2. The van der Waals surface area contributed by atoms with Crippen LogP contribution in [0.5, 0.6) is 0 Å². The average molecular weight is 329 g/mol. The molecule has 0 radical (unpaired) electrons. The second kappa shape index (κ2) is 5.15. The average Bonchev–Trinajstić information content (AvgIpc) is 3.01. The molecule has 0 spiro atoms. The molecule has 1 aromatic heterocycles. The van der Waals surface area contributed by atoms with E-state index < -0.39 is 22.7 Å². The van der Waals surface area contributed by atoms with Gasteiger partial charge in [-0.15, -0.1) is 0 Å². The second-order valence-electron chi connectivity index (χ2n) is 6.68. The van der Waals surface area contributed by atoms with Crippen molar-refractivity contribution in [1.29, 1.82) is 0 Å². The van der Waals surface area contributed by atoms with E-state index in [0.717, 1.165) is 0 Å². The molecule has 0 saturated carbocycles. The van der Waals surface area contributed by atoms with Gasteiger partial charge in [0.25, 0.3) is 5.56 Å². The highest BCUT2D eigenvalue weighted by atomic mass is 19.4. The summed E-state index contributed by atoms with van der Waals surface area (Å²) in [5.41, 5.74) is -2.48. The molecule has 0 aromatic carbocycles. The molecule has 2 aliphatic rings. The van der Waals surface area contributed by atoms with Crippen molar-refractivity contribution in [3.8, 4) is 0 Å². The Morgan fingerprint density at radius 3 is 2.70 bits per heavy atom. The number of hydrogen-bond donors (Lipinski definition) is 1. The van der Waals surface area contributed by atoms with Gasteiger partial charge in [0, 0.05) is 12.0 Å². The Kier molecular flexibility index (Phi) is 3.62. The molecule has 0 amide bonds. The second-order valence-corrected chi connectivity index (χ2v) is 6.68. The summed E-state index contributed by atoms with van der Waals surface area (Å²) >= 11 is 0. The lowest BCUT2D eigenvalue weighted by Gasteiger charge is -2.26. The van der Waals surface area contributed by atoms with Crippen molar-refractivity contribution in [2.45, 2.75) is 45.3 Å². The van der Waals surface area contributed by atoms with E-state index in [1.54, 1.807) is 6.92 Å². The minimum atomic E-state index is -4.69. The Morgan fingerprint density at radius 1 is 1.43 bits per heavy atom. The van der Waals surface area contributed by atoms with Crippen molar-refractivity contribution in [1.82, 2.24) is 15.1 Å². The van der Waals surface area contributed by atoms with E-state index in [9.17, 15) is 22.8 Å². The monoisotopic (exact) mass is 329 g/mol. The van der Waals surface area contributed by atoms with Gasteiger partial charge in [0.05, 0.1) is 11.7 Å². The van der Waals surface area contributed by atoms with Crippen LogP contribution in [0.2, 0.25) is 0 Å². The number of likely N-dealkylation sites (tertiary alicyclic amines) is 1. The first-order valence-electron chi connectivity index (χ1n) is 7.57. The Labute approximate surface area is 130 Å². The fraction of sp³-hybridized carbons (Fsp3) is 0.667. The van der Waals surface area contributed by atoms with Crippen molar-refractivity contribution in [3.63, 3.8) is 0 Å². The van der Waals surface area contributed by atoms with Gasteiger partial charge in [-0.1, -0.05) is 6.92 Å². The standard InChI is InChI=1S/C15H18F3N3O2/c1-8(22)14(2)5-6-21(7-14)10-4-3-9-11(15(16,17)18)13(23)20-19-12(9)10/h10H,3-7H2,1-2H3,(H,20,23). The van der Waals surface area contributed by atoms with E-state index in [-0.39, 0.29) is 23.8 Å². The third kappa shape index (κ3) is 2.58. The van der Waals surface area contributed by atoms with Crippen LogP contribution >= 0.6 is 0 Å². The van der Waals surface area contributed by atoms with Gasteiger partial charge in [0.15, 0.2) is 0 Å². The number of H-pyrrole nitrogens is 1. The summed E-state index contributed by atoms with van der Waals surface area (Å²) in [5, 5.41) is 5.87. The number of aromatic nitrogens is 2. The highest BCUT2D eigenvalue weighted by molar-refractivity contribution is 5.82. The van der Waals surface area contributed by atoms with Gasteiger partial charge >= 0.3 is 6.18 Å². The number of fused-ring (bicyclic) bond motifs is 1. The summed E-state index contributed by atoms with van der Waals surface area (Å²) in [6, 6.07) is -0.274. The molecule has 5 nitrogen and oxygen atoms in total. The molecule has 0 bridgehead atoms. The molecule has 23 heavy (non-hydrogen) atoms. The quantitative estimate of drug-likeness (QED) is 0.902. The molecule has 1 aliphatic carbocycles. The molecule has 8 heteroatoms. The molecule has 2 atom stereocenters. The number of Topliss-reactive ketones (excluding diaryl/α,β-unsaturated/α-hetero) is 1. The van der Waals surface area contributed by atoms with Crippen molar-refractivity contribution in [3.05, 3.63) is 27.2 Å². The van der Waals surface area contributed by atoms with Gasteiger partial charge in [-0.05, 0) is 38.3 Å². The van der Waals surface area contributed by atoms with Crippen LogP contribution in [0.1, 0.15) is 49.6 Å². The first-order chi connectivity index (χ1) is 10.6. The zero-order valence-corrected chi connectivity index (χ0v) is 13.0. The lowest BCUT2D eigenvalue weighted by Crippen LogP contribution is -2.33. The molecule has 1 aliphatic heterocycles. The normalized spacial score (nSPS) is 28.1. The van der Waals surface area contributed by atoms with Crippen LogP contribution < -0.4 is 5.56 Å². The largest absolute Gasteiger partial charge is 0.422 e. The van der Waals surface area contributed by atoms with Gasteiger partial charge in [0.1, 0.15) is 11.3 Å². The molecular weight excluding hydrogens is 311 g/mol. The Morgan fingerprint density at radius 2 is 2.13 bits per heavy atom. The maximum atomic E-state index is 13.1.